The van der Waals surface area contributed by atoms with E-state index in [1.807, 2.05) is 0 Å². The third kappa shape index (κ3) is 4.72. The summed E-state index contributed by atoms with van der Waals surface area (Å²) in [5.74, 6) is 0.0934. The third-order valence-corrected chi connectivity index (χ3v) is 3.76. The molecular weight excluding hydrogens is 357 g/mol. The second-order valence-corrected chi connectivity index (χ2v) is 5.59. The Morgan fingerprint density at radius 2 is 1.83 bits per heavy atom. The zero-order chi connectivity index (χ0) is 16.8. The van der Waals surface area contributed by atoms with E-state index in [9.17, 15) is 4.79 Å². The Balaban J connectivity index is 1.93. The molecule has 8 heteroatoms. The van der Waals surface area contributed by atoms with Gasteiger partial charge in [0.05, 0.1) is 22.7 Å². The Bertz CT molecular complexity index is 740. The van der Waals surface area contributed by atoms with Gasteiger partial charge in [-0.3, -0.25) is 15.6 Å². The summed E-state index contributed by atoms with van der Waals surface area (Å²) < 4.78 is 5.13. The van der Waals surface area contributed by atoms with Gasteiger partial charge in [0.25, 0.3) is 5.91 Å². The van der Waals surface area contributed by atoms with Crippen LogP contribution >= 0.6 is 35.4 Å². The van der Waals surface area contributed by atoms with Crippen LogP contribution in [-0.4, -0.2) is 18.1 Å². The molecule has 0 unspecified atom stereocenters. The van der Waals surface area contributed by atoms with Crippen LogP contribution in [0.15, 0.2) is 42.5 Å². The summed E-state index contributed by atoms with van der Waals surface area (Å²) in [6, 6.07) is 11.8. The van der Waals surface area contributed by atoms with Crippen molar-refractivity contribution in [2.45, 2.75) is 0 Å². The molecular formula is C15H13Cl2N3O2S. The number of hydrazine groups is 1. The molecule has 120 valence electrons. The summed E-state index contributed by atoms with van der Waals surface area (Å²) in [5.41, 5.74) is 6.12. The summed E-state index contributed by atoms with van der Waals surface area (Å²) >= 11 is 16.9. The van der Waals surface area contributed by atoms with Gasteiger partial charge in [0.2, 0.25) is 0 Å². The topological polar surface area (TPSA) is 62.4 Å². The predicted octanol–water partition coefficient (Wildman–Crippen LogP) is 3.63. The lowest BCUT2D eigenvalue weighted by Crippen LogP contribution is -2.43. The van der Waals surface area contributed by atoms with E-state index < -0.39 is 0 Å². The van der Waals surface area contributed by atoms with Crippen LogP contribution in [-0.2, 0) is 0 Å². The monoisotopic (exact) mass is 369 g/mol. The molecule has 0 atom stereocenters. The maximum atomic E-state index is 12.1. The maximum Gasteiger partial charge on any atom is 0.273 e. The molecule has 23 heavy (non-hydrogen) atoms. The van der Waals surface area contributed by atoms with E-state index in [4.69, 9.17) is 40.2 Å². The van der Waals surface area contributed by atoms with Crippen LogP contribution in [0.2, 0.25) is 10.0 Å². The van der Waals surface area contributed by atoms with Gasteiger partial charge >= 0.3 is 0 Å². The minimum atomic E-state index is -0.374. The van der Waals surface area contributed by atoms with Gasteiger partial charge in [-0.2, -0.15) is 0 Å². The second kappa shape index (κ2) is 8.01. The smallest absolute Gasteiger partial charge is 0.273 e. The fourth-order valence-corrected chi connectivity index (χ4v) is 2.22. The number of hydrogen-bond donors (Lipinski definition) is 3. The molecule has 1 amide bonds. The lowest BCUT2D eigenvalue weighted by atomic mass is 10.2. The highest BCUT2D eigenvalue weighted by Crippen LogP contribution is 2.24. The standard InChI is InChI=1S/C15H13Cl2N3O2S/c1-22-13-5-3-2-4-10(13)14(21)19-20-15(23)18-9-6-7-11(16)12(17)8-9/h2-8H,1H3,(H,19,21)(H2,18,20,23). The van der Waals surface area contributed by atoms with Gasteiger partial charge in [-0.15, -0.1) is 0 Å². The molecule has 0 bridgehead atoms. The van der Waals surface area contributed by atoms with E-state index in [0.29, 0.717) is 27.0 Å². The fraction of sp³-hybridized carbons (Fsp3) is 0.0667. The number of carbonyl (C=O) groups excluding carboxylic acids is 1. The van der Waals surface area contributed by atoms with Crippen LogP contribution in [0, 0.1) is 0 Å². The molecule has 3 N–H and O–H groups in total. The molecule has 0 aromatic heterocycles. The van der Waals surface area contributed by atoms with Crippen molar-refractivity contribution in [1.82, 2.24) is 10.9 Å². The highest BCUT2D eigenvalue weighted by Gasteiger charge is 2.11. The number of benzene rings is 2. The summed E-state index contributed by atoms with van der Waals surface area (Å²) in [6.07, 6.45) is 0. The molecule has 0 radical (unpaired) electrons. The van der Waals surface area contributed by atoms with E-state index in [1.54, 1.807) is 42.5 Å². The molecule has 0 aliphatic heterocycles. The third-order valence-electron chi connectivity index (χ3n) is 2.82. The highest BCUT2D eigenvalue weighted by molar-refractivity contribution is 7.80. The fourth-order valence-electron chi connectivity index (χ4n) is 1.75. The number of methoxy groups -OCH3 is 1. The summed E-state index contributed by atoms with van der Waals surface area (Å²) in [6.45, 7) is 0. The minimum absolute atomic E-state index is 0.201. The largest absolute Gasteiger partial charge is 0.496 e. The molecule has 0 aliphatic rings. The van der Waals surface area contributed by atoms with Gasteiger partial charge in [0.1, 0.15) is 5.75 Å². The van der Waals surface area contributed by atoms with Crippen LogP contribution < -0.4 is 20.9 Å². The minimum Gasteiger partial charge on any atom is -0.496 e. The van der Waals surface area contributed by atoms with E-state index in [2.05, 4.69) is 16.2 Å². The number of rotatable bonds is 3. The average molecular weight is 370 g/mol. The number of amides is 1. The zero-order valence-corrected chi connectivity index (χ0v) is 14.4. The number of anilines is 1. The molecule has 2 aromatic rings. The lowest BCUT2D eigenvalue weighted by molar-refractivity contribution is 0.0941. The Morgan fingerprint density at radius 3 is 2.52 bits per heavy atom. The molecule has 0 spiro atoms. The SMILES string of the molecule is COc1ccccc1C(=O)NNC(=S)Nc1ccc(Cl)c(Cl)c1. The molecule has 2 rings (SSSR count). The van der Waals surface area contributed by atoms with Gasteiger partial charge in [0, 0.05) is 5.69 Å². The number of nitrogens with one attached hydrogen (secondary N) is 3. The summed E-state index contributed by atoms with van der Waals surface area (Å²) in [5, 5.41) is 3.92. The molecule has 2 aromatic carbocycles. The molecule has 0 saturated carbocycles. The number of thiocarbonyl (C=S) groups is 1. The van der Waals surface area contributed by atoms with E-state index in [1.165, 1.54) is 7.11 Å². The van der Waals surface area contributed by atoms with Crippen LogP contribution in [0.5, 0.6) is 5.75 Å². The van der Waals surface area contributed by atoms with Crippen LogP contribution in [0.25, 0.3) is 0 Å². The number of halogens is 2. The number of para-hydroxylation sites is 1. The lowest BCUT2D eigenvalue weighted by Gasteiger charge is -2.13. The van der Waals surface area contributed by atoms with Crippen LogP contribution in [0.1, 0.15) is 10.4 Å². The average Bonchev–Trinajstić information content (AvgIpc) is 2.56. The molecule has 0 aliphatic carbocycles. The molecule has 5 nitrogen and oxygen atoms in total. The van der Waals surface area contributed by atoms with Crippen molar-refractivity contribution in [2.24, 2.45) is 0 Å². The first-order chi connectivity index (χ1) is 11.0. The maximum absolute atomic E-state index is 12.1. The van der Waals surface area contributed by atoms with Crippen molar-refractivity contribution in [3.63, 3.8) is 0 Å². The first-order valence-electron chi connectivity index (χ1n) is 6.46. The number of ether oxygens (including phenoxy) is 1. The Kier molecular flexibility index (Phi) is 6.04. The van der Waals surface area contributed by atoms with Crippen LogP contribution in [0.3, 0.4) is 0 Å². The first kappa shape index (κ1) is 17.3. The van der Waals surface area contributed by atoms with Gasteiger partial charge in [0.15, 0.2) is 5.11 Å². The molecule has 0 saturated heterocycles. The Morgan fingerprint density at radius 1 is 1.09 bits per heavy atom. The highest BCUT2D eigenvalue weighted by atomic mass is 35.5. The Hall–Kier alpha value is -2.02. The van der Waals surface area contributed by atoms with Crippen LogP contribution in [0.4, 0.5) is 5.69 Å². The molecule has 0 fully saturated rings. The van der Waals surface area contributed by atoms with E-state index in [-0.39, 0.29) is 11.0 Å². The summed E-state index contributed by atoms with van der Waals surface area (Å²) in [7, 11) is 1.50. The van der Waals surface area contributed by atoms with Crippen molar-refractivity contribution in [3.05, 3.63) is 58.1 Å². The van der Waals surface area contributed by atoms with Crippen molar-refractivity contribution in [1.29, 1.82) is 0 Å². The van der Waals surface area contributed by atoms with E-state index >= 15 is 0 Å². The van der Waals surface area contributed by atoms with E-state index in [0.717, 1.165) is 0 Å². The summed E-state index contributed by atoms with van der Waals surface area (Å²) in [4.78, 5) is 12.1. The van der Waals surface area contributed by atoms with Crippen molar-refractivity contribution >= 4 is 52.1 Å². The zero-order valence-electron chi connectivity index (χ0n) is 12.0. The van der Waals surface area contributed by atoms with Gasteiger partial charge in [-0.25, -0.2) is 0 Å². The number of hydrogen-bond acceptors (Lipinski definition) is 3. The van der Waals surface area contributed by atoms with Crippen molar-refractivity contribution < 1.29 is 9.53 Å². The number of carbonyl (C=O) groups is 1. The quantitative estimate of drug-likeness (QED) is 0.569. The van der Waals surface area contributed by atoms with Crippen molar-refractivity contribution in [2.75, 3.05) is 12.4 Å². The Labute approximate surface area is 148 Å². The first-order valence-corrected chi connectivity index (χ1v) is 7.63. The predicted molar refractivity (Wildman–Crippen MR) is 96.3 cm³/mol. The van der Waals surface area contributed by atoms with Gasteiger partial charge < -0.3 is 10.1 Å². The molecule has 0 heterocycles. The van der Waals surface area contributed by atoms with Gasteiger partial charge in [-0.05, 0) is 42.5 Å². The van der Waals surface area contributed by atoms with Crippen molar-refractivity contribution in [3.8, 4) is 5.75 Å². The second-order valence-electron chi connectivity index (χ2n) is 4.36. The van der Waals surface area contributed by atoms with Gasteiger partial charge in [-0.1, -0.05) is 35.3 Å². The normalized spacial score (nSPS) is 9.87.